The van der Waals surface area contributed by atoms with Crippen LogP contribution in [0.2, 0.25) is 0 Å². The third kappa shape index (κ3) is 8.56. The summed E-state index contributed by atoms with van der Waals surface area (Å²) in [5.74, 6) is -1.78. The van der Waals surface area contributed by atoms with Crippen LogP contribution in [0.4, 0.5) is 0 Å². The van der Waals surface area contributed by atoms with Crippen molar-refractivity contribution in [3.8, 4) is 0 Å². The van der Waals surface area contributed by atoms with E-state index in [1.54, 1.807) is 0 Å². The molecule has 0 saturated carbocycles. The zero-order valence-corrected chi connectivity index (χ0v) is 26.5. The van der Waals surface area contributed by atoms with Gasteiger partial charge >= 0.3 is 0 Å². The molecule has 4 atom stereocenters. The van der Waals surface area contributed by atoms with Crippen LogP contribution in [0, 0.1) is 11.8 Å². The zero-order valence-electron chi connectivity index (χ0n) is 26.5. The highest BCUT2D eigenvalue weighted by atomic mass is 16.2. The summed E-state index contributed by atoms with van der Waals surface area (Å²) in [5, 5.41) is 13.3. The lowest BCUT2D eigenvalue weighted by Crippen LogP contribution is -2.57. The third-order valence-electron chi connectivity index (χ3n) is 8.52. The first-order chi connectivity index (χ1) is 21.5. The van der Waals surface area contributed by atoms with Gasteiger partial charge in [-0.25, -0.2) is 0 Å². The highest BCUT2D eigenvalue weighted by Gasteiger charge is 2.35. The van der Waals surface area contributed by atoms with Gasteiger partial charge in [0.15, 0.2) is 0 Å². The van der Waals surface area contributed by atoms with Gasteiger partial charge in [0.1, 0.15) is 18.4 Å². The fourth-order valence-corrected chi connectivity index (χ4v) is 5.81. The third-order valence-corrected chi connectivity index (χ3v) is 8.52. The molecule has 9 nitrogen and oxygen atoms in total. The van der Waals surface area contributed by atoms with Crippen molar-refractivity contribution in [1.29, 1.82) is 0 Å². The lowest BCUT2D eigenvalue weighted by Gasteiger charge is -2.29. The van der Waals surface area contributed by atoms with Crippen LogP contribution >= 0.6 is 0 Å². The van der Waals surface area contributed by atoms with Crippen molar-refractivity contribution in [3.05, 3.63) is 83.9 Å². The average Bonchev–Trinajstić information content (AvgIpc) is 3.43. The Balaban J connectivity index is 1.58. The lowest BCUT2D eigenvalue weighted by atomic mass is 9.83. The molecule has 1 heterocycles. The number of hydrogen-bond donors (Lipinski definition) is 4. The SMILES string of the molecule is CC(C)C[C@H](NC(=O)[C@H](Cc1cccc2ccccc12)NC(=O)C(C)(C)c1ccccc1)C(=O)N[C@H](C=O)C[C@@H]1CCNC1=O. The van der Waals surface area contributed by atoms with Gasteiger partial charge in [0.2, 0.25) is 23.6 Å². The normalized spacial score (nSPS) is 16.8. The van der Waals surface area contributed by atoms with Gasteiger partial charge in [0.05, 0.1) is 11.5 Å². The van der Waals surface area contributed by atoms with Crippen LogP contribution in [-0.2, 0) is 35.8 Å². The summed E-state index contributed by atoms with van der Waals surface area (Å²) in [7, 11) is 0. The van der Waals surface area contributed by atoms with Crippen molar-refractivity contribution in [2.24, 2.45) is 11.8 Å². The number of fused-ring (bicyclic) bond motifs is 1. The molecule has 9 heteroatoms. The van der Waals surface area contributed by atoms with Gasteiger partial charge in [-0.05, 0) is 60.9 Å². The van der Waals surface area contributed by atoms with E-state index < -0.39 is 35.4 Å². The largest absolute Gasteiger partial charge is 0.356 e. The number of hydrogen-bond acceptors (Lipinski definition) is 5. The van der Waals surface area contributed by atoms with E-state index in [1.165, 1.54) is 0 Å². The Bertz CT molecular complexity index is 1510. The Morgan fingerprint density at radius 3 is 2.22 bits per heavy atom. The maximum Gasteiger partial charge on any atom is 0.243 e. The van der Waals surface area contributed by atoms with Crippen molar-refractivity contribution in [1.82, 2.24) is 21.3 Å². The molecular formula is C36H44N4O5. The second kappa shape index (κ2) is 15.0. The van der Waals surface area contributed by atoms with Crippen LogP contribution < -0.4 is 21.3 Å². The van der Waals surface area contributed by atoms with E-state index in [1.807, 2.05) is 100 Å². The highest BCUT2D eigenvalue weighted by Crippen LogP contribution is 2.25. The molecule has 3 aromatic rings. The quantitative estimate of drug-likeness (QED) is 0.207. The maximum absolute atomic E-state index is 14.0. The van der Waals surface area contributed by atoms with Crippen LogP contribution in [0.3, 0.4) is 0 Å². The Morgan fingerprint density at radius 2 is 1.56 bits per heavy atom. The molecule has 0 bridgehead atoms. The summed E-state index contributed by atoms with van der Waals surface area (Å²) >= 11 is 0. The molecule has 238 valence electrons. The zero-order chi connectivity index (χ0) is 32.6. The molecular weight excluding hydrogens is 568 g/mol. The summed E-state index contributed by atoms with van der Waals surface area (Å²) in [6, 6.07) is 20.3. The van der Waals surface area contributed by atoms with E-state index in [2.05, 4.69) is 21.3 Å². The topological polar surface area (TPSA) is 133 Å². The Kier molecular flexibility index (Phi) is 11.1. The minimum Gasteiger partial charge on any atom is -0.356 e. The van der Waals surface area contributed by atoms with Gasteiger partial charge in [-0.15, -0.1) is 0 Å². The molecule has 1 saturated heterocycles. The van der Waals surface area contributed by atoms with E-state index >= 15 is 0 Å². The van der Waals surface area contributed by atoms with Crippen LogP contribution in [0.5, 0.6) is 0 Å². The summed E-state index contributed by atoms with van der Waals surface area (Å²) in [6.07, 6.45) is 1.94. The van der Waals surface area contributed by atoms with Crippen molar-refractivity contribution in [2.75, 3.05) is 6.54 Å². The predicted molar refractivity (Wildman–Crippen MR) is 174 cm³/mol. The van der Waals surface area contributed by atoms with Gasteiger partial charge in [0.25, 0.3) is 0 Å². The lowest BCUT2D eigenvalue weighted by molar-refractivity contribution is -0.134. The first-order valence-electron chi connectivity index (χ1n) is 15.7. The van der Waals surface area contributed by atoms with Gasteiger partial charge in [-0.3, -0.25) is 19.2 Å². The summed E-state index contributed by atoms with van der Waals surface area (Å²) < 4.78 is 0. The Hall–Kier alpha value is -4.53. The second-order valence-corrected chi connectivity index (χ2v) is 12.8. The summed E-state index contributed by atoms with van der Waals surface area (Å²) in [5.41, 5.74) is 0.753. The molecule has 0 unspecified atom stereocenters. The van der Waals surface area contributed by atoms with Gasteiger partial charge < -0.3 is 26.1 Å². The molecule has 4 rings (SSSR count). The number of benzene rings is 3. The number of aldehydes is 1. The van der Waals surface area contributed by atoms with Crippen molar-refractivity contribution in [2.45, 2.75) is 76.9 Å². The minimum atomic E-state index is -0.988. The summed E-state index contributed by atoms with van der Waals surface area (Å²) in [4.78, 5) is 65.2. The smallest absolute Gasteiger partial charge is 0.243 e. The molecule has 1 aliphatic rings. The van der Waals surface area contributed by atoms with E-state index in [0.717, 1.165) is 21.9 Å². The molecule has 0 spiro atoms. The Morgan fingerprint density at radius 1 is 0.889 bits per heavy atom. The van der Waals surface area contributed by atoms with Crippen molar-refractivity contribution < 1.29 is 24.0 Å². The molecule has 0 aliphatic carbocycles. The fourth-order valence-electron chi connectivity index (χ4n) is 5.81. The van der Waals surface area contributed by atoms with Gasteiger partial charge in [-0.1, -0.05) is 86.6 Å². The van der Waals surface area contributed by atoms with Crippen LogP contribution in [0.25, 0.3) is 10.8 Å². The van der Waals surface area contributed by atoms with E-state index in [0.29, 0.717) is 25.7 Å². The molecule has 0 radical (unpaired) electrons. The van der Waals surface area contributed by atoms with Gasteiger partial charge in [0, 0.05) is 18.9 Å². The minimum absolute atomic E-state index is 0.0412. The van der Waals surface area contributed by atoms with Crippen LogP contribution in [0.1, 0.15) is 58.1 Å². The number of rotatable bonds is 14. The Labute approximate surface area is 264 Å². The van der Waals surface area contributed by atoms with Gasteiger partial charge in [-0.2, -0.15) is 0 Å². The number of carbonyl (C=O) groups excluding carboxylic acids is 5. The highest BCUT2D eigenvalue weighted by molar-refractivity contribution is 5.96. The van der Waals surface area contributed by atoms with E-state index in [9.17, 15) is 24.0 Å². The second-order valence-electron chi connectivity index (χ2n) is 12.8. The van der Waals surface area contributed by atoms with Crippen LogP contribution in [0.15, 0.2) is 72.8 Å². The van der Waals surface area contributed by atoms with Crippen molar-refractivity contribution >= 4 is 40.7 Å². The summed E-state index contributed by atoms with van der Waals surface area (Å²) in [6.45, 7) is 8.03. The number of carbonyl (C=O) groups is 5. The molecule has 0 aromatic heterocycles. The first kappa shape index (κ1) is 33.4. The molecule has 45 heavy (non-hydrogen) atoms. The van der Waals surface area contributed by atoms with Crippen molar-refractivity contribution in [3.63, 3.8) is 0 Å². The molecule has 3 aromatic carbocycles. The number of nitrogens with one attached hydrogen (secondary N) is 4. The molecule has 4 N–H and O–H groups in total. The number of amides is 4. The van der Waals surface area contributed by atoms with E-state index in [-0.39, 0.29) is 36.5 Å². The maximum atomic E-state index is 14.0. The fraction of sp³-hybridized carbons (Fsp3) is 0.417. The first-order valence-corrected chi connectivity index (χ1v) is 15.7. The molecule has 1 aliphatic heterocycles. The molecule has 4 amide bonds. The monoisotopic (exact) mass is 612 g/mol. The standard InChI is InChI=1S/C36H44N4O5/c1-23(2)19-30(33(43)38-28(22-41)20-26-17-18-37-32(26)42)39-34(44)31(21-25-13-10-12-24-11-8-9-16-29(24)25)40-35(45)36(3,4)27-14-6-5-7-15-27/h5-16,22-23,26,28,30-31H,17-21H2,1-4H3,(H,37,42)(H,38,43)(H,39,44)(H,40,45)/t26-,28-,30-,31-/m0/s1. The average molecular weight is 613 g/mol. The van der Waals surface area contributed by atoms with E-state index in [4.69, 9.17) is 0 Å². The predicted octanol–water partition coefficient (Wildman–Crippen LogP) is 3.59. The van der Waals surface area contributed by atoms with Crippen LogP contribution in [-0.4, -0.2) is 54.6 Å². The molecule has 1 fully saturated rings.